The predicted molar refractivity (Wildman–Crippen MR) is 123 cm³/mol. The van der Waals surface area contributed by atoms with E-state index in [-0.39, 0.29) is 11.8 Å². The van der Waals surface area contributed by atoms with Crippen LogP contribution >= 0.6 is 22.9 Å². The van der Waals surface area contributed by atoms with Crippen molar-refractivity contribution in [3.05, 3.63) is 39.4 Å². The fourth-order valence-electron chi connectivity index (χ4n) is 4.91. The van der Waals surface area contributed by atoms with Crippen molar-refractivity contribution in [3.8, 4) is 11.8 Å². The van der Waals surface area contributed by atoms with E-state index in [1.807, 2.05) is 19.1 Å². The predicted octanol–water partition coefficient (Wildman–Crippen LogP) is 2.01. The number of fused-ring (bicyclic) bond motifs is 2. The molecule has 32 heavy (non-hydrogen) atoms. The summed E-state index contributed by atoms with van der Waals surface area (Å²) >= 11 is 7.39. The van der Waals surface area contributed by atoms with Crippen LogP contribution in [0.25, 0.3) is 11.2 Å². The van der Waals surface area contributed by atoms with Crippen LogP contribution in [0, 0.1) is 23.2 Å². The highest BCUT2D eigenvalue weighted by Gasteiger charge is 2.75. The third-order valence-electron chi connectivity index (χ3n) is 6.43. The number of rotatable bonds is 4. The first-order valence-corrected chi connectivity index (χ1v) is 11.6. The Bertz CT molecular complexity index is 1280. The lowest BCUT2D eigenvalue weighted by atomic mass is 9.98. The summed E-state index contributed by atoms with van der Waals surface area (Å²) in [6, 6.07) is 4.99. The molecule has 5 rings (SSSR count). The maximum Gasteiger partial charge on any atom is 0.229 e. The minimum Gasteiger partial charge on any atom is -0.389 e. The highest BCUT2D eigenvalue weighted by Crippen LogP contribution is 2.67. The summed E-state index contributed by atoms with van der Waals surface area (Å²) in [7, 11) is 1.54. The zero-order valence-electron chi connectivity index (χ0n) is 17.5. The number of aliphatic hydroxyl groups excluding tert-OH is 2. The van der Waals surface area contributed by atoms with Gasteiger partial charge in [0.1, 0.15) is 17.3 Å². The summed E-state index contributed by atoms with van der Waals surface area (Å²) in [5.41, 5.74) is 1.56. The second-order valence-corrected chi connectivity index (χ2v) is 9.83. The number of pyridine rings is 1. The second kappa shape index (κ2) is 7.74. The molecule has 0 bridgehead atoms. The second-order valence-electron chi connectivity index (χ2n) is 8.12. The van der Waals surface area contributed by atoms with Crippen molar-refractivity contribution in [1.82, 2.24) is 19.9 Å². The largest absolute Gasteiger partial charge is 0.389 e. The molecule has 0 aromatic carbocycles. The van der Waals surface area contributed by atoms with Gasteiger partial charge in [-0.3, -0.25) is 4.79 Å². The van der Waals surface area contributed by atoms with Crippen LogP contribution in [-0.2, 0) is 4.79 Å². The Balaban J connectivity index is 1.59. The van der Waals surface area contributed by atoms with Gasteiger partial charge in [-0.2, -0.15) is 0 Å². The Labute approximate surface area is 193 Å². The van der Waals surface area contributed by atoms with Gasteiger partial charge >= 0.3 is 0 Å². The van der Waals surface area contributed by atoms with Gasteiger partial charge in [-0.1, -0.05) is 11.6 Å². The number of carbonyl (C=O) groups excluding carboxylic acids is 1. The van der Waals surface area contributed by atoms with E-state index in [2.05, 4.69) is 27.5 Å². The lowest BCUT2D eigenvalue weighted by molar-refractivity contribution is -0.132. The van der Waals surface area contributed by atoms with Gasteiger partial charge < -0.3 is 25.4 Å². The molecular weight excluding hydrogens is 450 g/mol. The van der Waals surface area contributed by atoms with Gasteiger partial charge in [-0.25, -0.2) is 9.97 Å². The first-order valence-electron chi connectivity index (χ1n) is 10.4. The Morgan fingerprint density at radius 3 is 2.91 bits per heavy atom. The molecule has 2 saturated carbocycles. The third kappa shape index (κ3) is 3.10. The number of imidazole rings is 1. The third-order valence-corrected chi connectivity index (χ3v) is 7.57. The lowest BCUT2D eigenvalue weighted by Gasteiger charge is -2.23. The van der Waals surface area contributed by atoms with E-state index in [0.29, 0.717) is 34.2 Å². The summed E-state index contributed by atoms with van der Waals surface area (Å²) < 4.78 is 2.45. The molecule has 0 spiro atoms. The molecule has 0 saturated heterocycles. The van der Waals surface area contributed by atoms with Crippen LogP contribution in [-0.4, -0.2) is 56.5 Å². The number of aromatic nitrogens is 3. The number of anilines is 1. The number of thiophene rings is 1. The molecule has 10 heteroatoms. The number of carbonyl (C=O) groups is 1. The molecule has 5 atom stereocenters. The minimum absolute atomic E-state index is 0.197. The number of hydrogen-bond donors (Lipinski definition) is 4. The van der Waals surface area contributed by atoms with E-state index in [1.54, 1.807) is 24.0 Å². The summed E-state index contributed by atoms with van der Waals surface area (Å²) in [6.45, 7) is 2.67. The summed E-state index contributed by atoms with van der Waals surface area (Å²) in [4.78, 5) is 22.5. The normalized spacial score (nSPS) is 28.2. The molecule has 3 aromatic heterocycles. The average Bonchev–Trinajstić information content (AvgIpc) is 3.03. The molecule has 2 aliphatic carbocycles. The number of amides is 1. The van der Waals surface area contributed by atoms with Crippen molar-refractivity contribution in [1.29, 1.82) is 0 Å². The minimum atomic E-state index is -1.14. The SMILES string of the molecule is CCNc1cc(C#Cc2ccc(Cl)s2)nc2c1ncn2[C@H]1C(O)C(O)[C@]2(C(=O)NC)CC12. The van der Waals surface area contributed by atoms with Gasteiger partial charge in [-0.15, -0.1) is 11.3 Å². The topological polar surface area (TPSA) is 112 Å². The maximum absolute atomic E-state index is 12.5. The summed E-state index contributed by atoms with van der Waals surface area (Å²) in [6.07, 6.45) is -0.118. The van der Waals surface area contributed by atoms with Crippen LogP contribution in [0.4, 0.5) is 5.69 Å². The Morgan fingerprint density at radius 2 is 2.22 bits per heavy atom. The lowest BCUT2D eigenvalue weighted by Crippen LogP contribution is -2.41. The van der Waals surface area contributed by atoms with Crippen LogP contribution in [0.1, 0.15) is 30.0 Å². The number of halogens is 1. The molecular formula is C22H22ClN5O3S. The molecule has 2 fully saturated rings. The average molecular weight is 472 g/mol. The first-order chi connectivity index (χ1) is 15.4. The molecule has 166 valence electrons. The van der Waals surface area contributed by atoms with E-state index in [4.69, 9.17) is 16.6 Å². The molecule has 3 heterocycles. The van der Waals surface area contributed by atoms with Crippen molar-refractivity contribution < 1.29 is 15.0 Å². The standard InChI is InChI=1S/C22H22ClN5O3S/c1-3-25-14-8-11(4-5-12-6-7-15(23)32-12)27-20-16(14)26-10-28(20)17-13-9-22(13,21(31)24-2)19(30)18(17)29/h6-8,10,13,17-19,29-30H,3,9H2,1-2H3,(H,24,31)(H,25,27)/t13?,17-,18?,19?,22+/m1/s1. The fourth-order valence-corrected chi connectivity index (χ4v) is 5.80. The summed E-state index contributed by atoms with van der Waals surface area (Å²) in [5.74, 6) is 5.72. The zero-order valence-corrected chi connectivity index (χ0v) is 19.0. The molecule has 1 amide bonds. The van der Waals surface area contributed by atoms with E-state index >= 15 is 0 Å². The number of aliphatic hydroxyl groups is 2. The van der Waals surface area contributed by atoms with E-state index in [9.17, 15) is 15.0 Å². The van der Waals surface area contributed by atoms with E-state index < -0.39 is 23.7 Å². The van der Waals surface area contributed by atoms with Crippen molar-refractivity contribution in [2.24, 2.45) is 11.3 Å². The number of hydrogen-bond acceptors (Lipinski definition) is 7. The van der Waals surface area contributed by atoms with Crippen LogP contribution in [0.3, 0.4) is 0 Å². The Hall–Kier alpha value is -2.64. The Kier molecular flexibility index (Phi) is 5.13. The van der Waals surface area contributed by atoms with Crippen molar-refractivity contribution in [3.63, 3.8) is 0 Å². The van der Waals surface area contributed by atoms with Gasteiger partial charge in [0.15, 0.2) is 5.65 Å². The molecule has 3 unspecified atom stereocenters. The van der Waals surface area contributed by atoms with Crippen molar-refractivity contribution in [2.45, 2.75) is 31.6 Å². The maximum atomic E-state index is 12.5. The highest BCUT2D eigenvalue weighted by atomic mass is 35.5. The van der Waals surface area contributed by atoms with Crippen LogP contribution in [0.2, 0.25) is 4.34 Å². The van der Waals surface area contributed by atoms with E-state index in [1.165, 1.54) is 11.3 Å². The van der Waals surface area contributed by atoms with Gasteiger partial charge in [-0.05, 0) is 43.4 Å². The molecule has 0 radical (unpaired) electrons. The van der Waals surface area contributed by atoms with Gasteiger partial charge in [0.2, 0.25) is 5.91 Å². The van der Waals surface area contributed by atoms with Crippen molar-refractivity contribution in [2.75, 3.05) is 18.9 Å². The molecule has 0 aliphatic heterocycles. The quantitative estimate of drug-likeness (QED) is 0.433. The fraction of sp³-hybridized carbons (Fsp3) is 0.409. The monoisotopic (exact) mass is 471 g/mol. The Morgan fingerprint density at radius 1 is 1.41 bits per heavy atom. The molecule has 4 N–H and O–H groups in total. The van der Waals surface area contributed by atoms with Crippen molar-refractivity contribution >= 4 is 45.7 Å². The van der Waals surface area contributed by atoms with Gasteiger partial charge in [0.25, 0.3) is 0 Å². The van der Waals surface area contributed by atoms with Gasteiger partial charge in [0.05, 0.1) is 38.8 Å². The molecule has 8 nitrogen and oxygen atoms in total. The highest BCUT2D eigenvalue weighted by molar-refractivity contribution is 7.16. The number of nitrogens with zero attached hydrogens (tertiary/aromatic N) is 3. The van der Waals surface area contributed by atoms with Crippen LogP contribution in [0.5, 0.6) is 0 Å². The molecule has 2 aliphatic rings. The number of nitrogens with one attached hydrogen (secondary N) is 2. The smallest absolute Gasteiger partial charge is 0.229 e. The molecule has 3 aromatic rings. The van der Waals surface area contributed by atoms with Crippen LogP contribution in [0.15, 0.2) is 24.5 Å². The summed E-state index contributed by atoms with van der Waals surface area (Å²) in [5, 5.41) is 27.5. The van der Waals surface area contributed by atoms with E-state index in [0.717, 1.165) is 10.6 Å². The van der Waals surface area contributed by atoms with Gasteiger partial charge in [0, 0.05) is 19.5 Å². The van der Waals surface area contributed by atoms with Crippen LogP contribution < -0.4 is 10.6 Å². The zero-order chi connectivity index (χ0) is 22.6. The first kappa shape index (κ1) is 21.2.